The number of aromatic nitrogens is 3. The molecule has 0 aliphatic rings. The first-order chi connectivity index (χ1) is 9.93. The molecule has 0 fully saturated rings. The molecule has 4 heteroatoms. The lowest BCUT2D eigenvalue weighted by Gasteiger charge is -2.06. The van der Waals surface area contributed by atoms with Crippen LogP contribution in [0.4, 0.5) is 0 Å². The summed E-state index contributed by atoms with van der Waals surface area (Å²) in [6.45, 7) is 0. The highest BCUT2D eigenvalue weighted by molar-refractivity contribution is 5.78. The largest absolute Gasteiger partial charge is 0.461 e. The minimum Gasteiger partial charge on any atom is -0.461 e. The van der Waals surface area contributed by atoms with Crippen molar-refractivity contribution in [2.24, 2.45) is 0 Å². The molecule has 96 valence electrons. The number of hydrogen-bond donors (Lipinski definition) is 0. The van der Waals surface area contributed by atoms with Crippen LogP contribution >= 0.6 is 0 Å². The molecule has 4 aromatic rings. The lowest BCUT2D eigenvalue weighted by Crippen LogP contribution is -1.97. The van der Waals surface area contributed by atoms with Crippen molar-refractivity contribution in [1.29, 1.82) is 0 Å². The van der Waals surface area contributed by atoms with Crippen LogP contribution in [-0.2, 0) is 0 Å². The van der Waals surface area contributed by atoms with Crippen LogP contribution < -0.4 is 0 Å². The average Bonchev–Trinajstić information content (AvgIpc) is 3.15. The Bertz CT molecular complexity index is 848. The van der Waals surface area contributed by atoms with Crippen LogP contribution in [0.5, 0.6) is 0 Å². The third-order valence-electron chi connectivity index (χ3n) is 3.17. The Morgan fingerprint density at radius 3 is 2.60 bits per heavy atom. The van der Waals surface area contributed by atoms with Crippen LogP contribution in [0, 0.1) is 0 Å². The quantitative estimate of drug-likeness (QED) is 0.553. The van der Waals surface area contributed by atoms with Crippen LogP contribution in [0.2, 0.25) is 0 Å². The molecular weight excluding hydrogens is 250 g/mol. The van der Waals surface area contributed by atoms with Gasteiger partial charge in [0.05, 0.1) is 6.26 Å². The van der Waals surface area contributed by atoms with Gasteiger partial charge in [0.25, 0.3) is 0 Å². The monoisotopic (exact) mass is 261 g/mol. The first kappa shape index (κ1) is 11.0. The third kappa shape index (κ3) is 1.62. The molecule has 0 unspecified atom stereocenters. The number of imidazole rings is 1. The first-order valence-electron chi connectivity index (χ1n) is 6.36. The molecule has 0 aliphatic carbocycles. The zero-order valence-corrected chi connectivity index (χ0v) is 10.6. The van der Waals surface area contributed by atoms with Crippen molar-refractivity contribution in [2.45, 2.75) is 0 Å². The van der Waals surface area contributed by atoms with Crippen molar-refractivity contribution < 1.29 is 4.42 Å². The van der Waals surface area contributed by atoms with E-state index >= 15 is 0 Å². The number of benzene rings is 1. The van der Waals surface area contributed by atoms with Crippen LogP contribution in [0.15, 0.2) is 71.5 Å². The van der Waals surface area contributed by atoms with Gasteiger partial charge in [-0.25, -0.2) is 9.97 Å². The van der Waals surface area contributed by atoms with Gasteiger partial charge < -0.3 is 4.42 Å². The maximum absolute atomic E-state index is 5.50. The SMILES string of the molecule is c1ccc(-n2c(-c3ccco3)nc3cccnc32)cc1. The maximum Gasteiger partial charge on any atom is 0.183 e. The Labute approximate surface area is 115 Å². The summed E-state index contributed by atoms with van der Waals surface area (Å²) in [6, 6.07) is 17.6. The Morgan fingerprint density at radius 1 is 0.900 bits per heavy atom. The Hall–Kier alpha value is -2.88. The Balaban J connectivity index is 2.09. The van der Waals surface area contributed by atoms with Crippen molar-refractivity contribution in [2.75, 3.05) is 0 Å². The molecule has 0 saturated carbocycles. The smallest absolute Gasteiger partial charge is 0.183 e. The number of furan rings is 1. The van der Waals surface area contributed by atoms with Gasteiger partial charge in [-0.3, -0.25) is 4.57 Å². The second kappa shape index (κ2) is 4.35. The zero-order chi connectivity index (χ0) is 13.4. The van der Waals surface area contributed by atoms with E-state index < -0.39 is 0 Å². The predicted octanol–water partition coefficient (Wildman–Crippen LogP) is 3.68. The molecule has 3 aromatic heterocycles. The van der Waals surface area contributed by atoms with Gasteiger partial charge in [0.15, 0.2) is 17.2 Å². The zero-order valence-electron chi connectivity index (χ0n) is 10.6. The minimum absolute atomic E-state index is 0.729. The normalized spacial score (nSPS) is 11.0. The number of nitrogens with zero attached hydrogens (tertiary/aromatic N) is 3. The Kier molecular flexibility index (Phi) is 2.39. The summed E-state index contributed by atoms with van der Waals surface area (Å²) < 4.78 is 7.51. The van der Waals surface area contributed by atoms with E-state index in [0.29, 0.717) is 0 Å². The molecule has 0 saturated heterocycles. The van der Waals surface area contributed by atoms with Crippen molar-refractivity contribution in [1.82, 2.24) is 14.5 Å². The van der Waals surface area contributed by atoms with E-state index in [2.05, 4.69) is 9.97 Å². The number of rotatable bonds is 2. The fourth-order valence-electron chi connectivity index (χ4n) is 2.31. The third-order valence-corrected chi connectivity index (χ3v) is 3.17. The molecule has 3 heterocycles. The number of para-hydroxylation sites is 1. The highest BCUT2D eigenvalue weighted by atomic mass is 16.3. The van der Waals surface area contributed by atoms with E-state index in [0.717, 1.165) is 28.4 Å². The van der Waals surface area contributed by atoms with E-state index in [1.165, 1.54) is 0 Å². The van der Waals surface area contributed by atoms with Gasteiger partial charge in [-0.2, -0.15) is 0 Å². The van der Waals surface area contributed by atoms with Crippen LogP contribution in [0.3, 0.4) is 0 Å². The summed E-state index contributed by atoms with van der Waals surface area (Å²) in [6.07, 6.45) is 3.42. The molecule has 4 nitrogen and oxygen atoms in total. The molecular formula is C16H11N3O. The first-order valence-corrected chi connectivity index (χ1v) is 6.36. The topological polar surface area (TPSA) is 43.9 Å². The summed E-state index contributed by atoms with van der Waals surface area (Å²) in [5.74, 6) is 1.49. The van der Waals surface area contributed by atoms with Crippen LogP contribution in [0.1, 0.15) is 0 Å². The van der Waals surface area contributed by atoms with Crippen molar-refractivity contribution in [3.05, 3.63) is 67.1 Å². The molecule has 0 atom stereocenters. The summed E-state index contributed by atoms with van der Waals surface area (Å²) >= 11 is 0. The second-order valence-electron chi connectivity index (χ2n) is 4.43. The molecule has 1 aromatic carbocycles. The van der Waals surface area contributed by atoms with Gasteiger partial charge in [0.2, 0.25) is 0 Å². The number of pyridine rings is 1. The van der Waals surface area contributed by atoms with Gasteiger partial charge in [0.1, 0.15) is 5.52 Å². The maximum atomic E-state index is 5.50. The summed E-state index contributed by atoms with van der Waals surface area (Å²) in [7, 11) is 0. The van der Waals surface area contributed by atoms with Crippen molar-refractivity contribution in [3.8, 4) is 17.3 Å². The van der Waals surface area contributed by atoms with Crippen LogP contribution in [0.25, 0.3) is 28.4 Å². The van der Waals surface area contributed by atoms with E-state index in [9.17, 15) is 0 Å². The second-order valence-corrected chi connectivity index (χ2v) is 4.43. The Morgan fingerprint density at radius 2 is 1.80 bits per heavy atom. The average molecular weight is 261 g/mol. The molecule has 4 rings (SSSR count). The molecule has 20 heavy (non-hydrogen) atoms. The van der Waals surface area contributed by atoms with E-state index in [-0.39, 0.29) is 0 Å². The van der Waals surface area contributed by atoms with Gasteiger partial charge >= 0.3 is 0 Å². The predicted molar refractivity (Wildman–Crippen MR) is 76.6 cm³/mol. The summed E-state index contributed by atoms with van der Waals surface area (Å²) in [4.78, 5) is 9.09. The highest BCUT2D eigenvalue weighted by Crippen LogP contribution is 2.27. The minimum atomic E-state index is 0.729. The lowest BCUT2D eigenvalue weighted by atomic mass is 10.3. The van der Waals surface area contributed by atoms with E-state index in [1.54, 1.807) is 12.5 Å². The fraction of sp³-hybridized carbons (Fsp3) is 0. The standard InChI is InChI=1S/C16H11N3O/c1-2-6-12(7-3-1)19-15-13(8-4-10-17-15)18-16(19)14-9-5-11-20-14/h1-11H. The molecule has 0 N–H and O–H groups in total. The van der Waals surface area contributed by atoms with Gasteiger partial charge in [-0.05, 0) is 36.4 Å². The molecule has 0 spiro atoms. The van der Waals surface area contributed by atoms with Gasteiger partial charge in [-0.15, -0.1) is 0 Å². The molecule has 0 radical (unpaired) electrons. The number of fused-ring (bicyclic) bond motifs is 1. The lowest BCUT2D eigenvalue weighted by molar-refractivity contribution is 0.576. The van der Waals surface area contributed by atoms with Gasteiger partial charge in [-0.1, -0.05) is 18.2 Å². The fourth-order valence-corrected chi connectivity index (χ4v) is 2.31. The van der Waals surface area contributed by atoms with Crippen molar-refractivity contribution >= 4 is 11.2 Å². The molecule has 0 aliphatic heterocycles. The summed E-state index contributed by atoms with van der Waals surface area (Å²) in [5, 5.41) is 0. The summed E-state index contributed by atoms with van der Waals surface area (Å²) in [5.41, 5.74) is 2.69. The van der Waals surface area contributed by atoms with Gasteiger partial charge in [0, 0.05) is 11.9 Å². The van der Waals surface area contributed by atoms with E-state index in [1.807, 2.05) is 59.2 Å². The van der Waals surface area contributed by atoms with Crippen LogP contribution in [-0.4, -0.2) is 14.5 Å². The van der Waals surface area contributed by atoms with Crippen molar-refractivity contribution in [3.63, 3.8) is 0 Å². The molecule has 0 bridgehead atoms. The highest BCUT2D eigenvalue weighted by Gasteiger charge is 2.16. The molecule has 0 amide bonds. The van der Waals surface area contributed by atoms with E-state index in [4.69, 9.17) is 4.42 Å². The number of hydrogen-bond acceptors (Lipinski definition) is 3.